The third-order valence-electron chi connectivity index (χ3n) is 4.42. The molecule has 0 aliphatic heterocycles. The Bertz CT molecular complexity index is 1320. The number of carbonyl (C=O) groups excluding carboxylic acids is 2. The molecule has 0 saturated heterocycles. The lowest BCUT2D eigenvalue weighted by Crippen LogP contribution is -2.25. The first kappa shape index (κ1) is 23.4. The predicted octanol–water partition coefficient (Wildman–Crippen LogP) is 3.37. The van der Waals surface area contributed by atoms with Gasteiger partial charge in [-0.15, -0.1) is 20.4 Å². The summed E-state index contributed by atoms with van der Waals surface area (Å²) < 4.78 is 29.0. The van der Waals surface area contributed by atoms with E-state index in [0.29, 0.717) is 21.8 Å². The molecule has 34 heavy (non-hydrogen) atoms. The minimum Gasteiger partial charge on any atom is -0.345 e. The maximum atomic E-state index is 13.9. The van der Waals surface area contributed by atoms with Crippen LogP contribution in [0.5, 0.6) is 0 Å². The van der Waals surface area contributed by atoms with E-state index in [-0.39, 0.29) is 23.8 Å². The van der Waals surface area contributed by atoms with Gasteiger partial charge in [-0.25, -0.2) is 8.78 Å². The first-order valence-electron chi connectivity index (χ1n) is 9.86. The summed E-state index contributed by atoms with van der Waals surface area (Å²) in [4.78, 5) is 24.7. The maximum Gasteiger partial charge on any atom is 0.254 e. The molecule has 9 nitrogen and oxygen atoms in total. The van der Waals surface area contributed by atoms with Gasteiger partial charge in [0.25, 0.3) is 5.91 Å². The van der Waals surface area contributed by atoms with Gasteiger partial charge in [0, 0.05) is 5.69 Å². The van der Waals surface area contributed by atoms with Crippen LogP contribution in [-0.2, 0) is 11.3 Å². The molecule has 2 N–H and O–H groups in total. The van der Waals surface area contributed by atoms with E-state index in [1.54, 1.807) is 17.6 Å². The molecule has 4 aromatic rings. The van der Waals surface area contributed by atoms with E-state index >= 15 is 0 Å². The predicted molar refractivity (Wildman–Crippen MR) is 123 cm³/mol. The third kappa shape index (κ3) is 5.61. The van der Waals surface area contributed by atoms with Crippen LogP contribution < -0.4 is 10.6 Å². The number of benzene rings is 2. The lowest BCUT2D eigenvalue weighted by molar-refractivity contribution is -0.113. The smallest absolute Gasteiger partial charge is 0.254 e. The molecule has 0 fully saturated rings. The summed E-state index contributed by atoms with van der Waals surface area (Å²) in [7, 11) is 0. The lowest BCUT2D eigenvalue weighted by atomic mass is 10.2. The van der Waals surface area contributed by atoms with Crippen molar-refractivity contribution in [1.29, 1.82) is 0 Å². The number of aromatic nitrogens is 5. The van der Waals surface area contributed by atoms with Crippen LogP contribution in [0.25, 0.3) is 5.69 Å². The van der Waals surface area contributed by atoms with Crippen molar-refractivity contribution < 1.29 is 18.4 Å². The number of hydrogen-bond donors (Lipinski definition) is 2. The van der Waals surface area contributed by atoms with Gasteiger partial charge < -0.3 is 5.32 Å². The van der Waals surface area contributed by atoms with Crippen LogP contribution >= 0.6 is 23.1 Å². The number of hydrogen-bond acceptors (Lipinski definition) is 8. The Kier molecular flexibility index (Phi) is 7.23. The molecule has 0 spiro atoms. The van der Waals surface area contributed by atoms with Crippen molar-refractivity contribution in [3.8, 4) is 5.69 Å². The molecule has 0 unspecified atom stereocenters. The average molecular weight is 502 g/mol. The Balaban J connectivity index is 1.51. The van der Waals surface area contributed by atoms with Crippen LogP contribution in [0.15, 0.2) is 53.7 Å². The average Bonchev–Trinajstić information content (AvgIpc) is 3.42. The molecule has 2 aromatic carbocycles. The van der Waals surface area contributed by atoms with Crippen LogP contribution in [0.1, 0.15) is 21.2 Å². The van der Waals surface area contributed by atoms with Crippen molar-refractivity contribution in [2.45, 2.75) is 18.6 Å². The monoisotopic (exact) mass is 501 g/mol. The second-order valence-electron chi connectivity index (χ2n) is 6.84. The summed E-state index contributed by atoms with van der Waals surface area (Å²) >= 11 is 2.35. The molecule has 174 valence electrons. The highest BCUT2D eigenvalue weighted by molar-refractivity contribution is 7.99. The van der Waals surface area contributed by atoms with Crippen LogP contribution in [0, 0.1) is 18.6 Å². The maximum absolute atomic E-state index is 13.9. The SMILES string of the molecule is Cc1nnc(NC(=O)CSc2nnc(CNC(=O)c3ccccc3F)n2-c2ccc(F)cc2)s1. The topological polar surface area (TPSA) is 115 Å². The van der Waals surface area contributed by atoms with Gasteiger partial charge in [0.2, 0.25) is 11.0 Å². The number of thioether (sulfide) groups is 1. The molecule has 2 heterocycles. The number of nitrogens with zero attached hydrogens (tertiary/aromatic N) is 5. The quantitative estimate of drug-likeness (QED) is 0.356. The van der Waals surface area contributed by atoms with Crippen molar-refractivity contribution in [3.05, 3.63) is 76.6 Å². The van der Waals surface area contributed by atoms with Gasteiger partial charge in [-0.05, 0) is 43.3 Å². The largest absolute Gasteiger partial charge is 0.345 e. The van der Waals surface area contributed by atoms with Gasteiger partial charge >= 0.3 is 0 Å². The van der Waals surface area contributed by atoms with E-state index in [4.69, 9.17) is 0 Å². The Labute approximate surface area is 200 Å². The van der Waals surface area contributed by atoms with Crippen molar-refractivity contribution in [3.63, 3.8) is 0 Å². The number of carbonyl (C=O) groups is 2. The Hall–Kier alpha value is -3.71. The van der Waals surface area contributed by atoms with Gasteiger partial charge in [0.15, 0.2) is 11.0 Å². The zero-order valence-corrected chi connectivity index (χ0v) is 19.3. The Morgan fingerprint density at radius 1 is 1.03 bits per heavy atom. The van der Waals surface area contributed by atoms with Crippen LogP contribution in [0.4, 0.5) is 13.9 Å². The third-order valence-corrected chi connectivity index (χ3v) is 6.10. The molecule has 2 amide bonds. The van der Waals surface area contributed by atoms with Crippen LogP contribution in [0.3, 0.4) is 0 Å². The fourth-order valence-corrected chi connectivity index (χ4v) is 4.27. The summed E-state index contributed by atoms with van der Waals surface area (Å²) in [5, 5.41) is 22.7. The molecule has 4 rings (SSSR count). The van der Waals surface area contributed by atoms with Gasteiger partial charge in [0.1, 0.15) is 16.6 Å². The van der Waals surface area contributed by atoms with Gasteiger partial charge in [0.05, 0.1) is 17.9 Å². The molecular weight excluding hydrogens is 484 g/mol. The van der Waals surface area contributed by atoms with E-state index in [2.05, 4.69) is 31.0 Å². The second-order valence-corrected chi connectivity index (χ2v) is 8.96. The molecule has 0 atom stereocenters. The number of rotatable bonds is 8. The zero-order chi connectivity index (χ0) is 24.1. The lowest BCUT2D eigenvalue weighted by Gasteiger charge is -2.11. The summed E-state index contributed by atoms with van der Waals surface area (Å²) in [6.45, 7) is 1.70. The normalized spacial score (nSPS) is 10.8. The Morgan fingerprint density at radius 2 is 1.79 bits per heavy atom. The second kappa shape index (κ2) is 10.5. The minimum atomic E-state index is -0.645. The molecule has 0 saturated carbocycles. The fourth-order valence-electron chi connectivity index (χ4n) is 2.89. The van der Waals surface area contributed by atoms with Gasteiger partial charge in [-0.3, -0.25) is 19.5 Å². The highest BCUT2D eigenvalue weighted by Gasteiger charge is 2.18. The molecular formula is C21H17F2N7O2S2. The number of anilines is 1. The fraction of sp³-hybridized carbons (Fsp3) is 0.143. The van der Waals surface area contributed by atoms with Crippen LogP contribution in [0.2, 0.25) is 0 Å². The molecule has 13 heteroatoms. The van der Waals surface area contributed by atoms with E-state index in [0.717, 1.165) is 16.8 Å². The van der Waals surface area contributed by atoms with E-state index < -0.39 is 17.5 Å². The van der Waals surface area contributed by atoms with Crippen molar-refractivity contribution in [2.75, 3.05) is 11.1 Å². The summed E-state index contributed by atoms with van der Waals surface area (Å²) in [5.41, 5.74) is 0.428. The molecule has 0 aliphatic rings. The van der Waals surface area contributed by atoms with Crippen molar-refractivity contribution in [1.82, 2.24) is 30.3 Å². The standard InChI is InChI=1S/C21H17F2N7O2S2/c1-12-26-28-20(34-12)25-18(31)11-33-21-29-27-17(30(21)14-8-6-13(22)7-9-14)10-24-19(32)15-4-2-3-5-16(15)23/h2-9H,10-11H2,1H3,(H,24,32)(H,25,28,31). The van der Waals surface area contributed by atoms with E-state index in [9.17, 15) is 18.4 Å². The summed E-state index contributed by atoms with van der Waals surface area (Å²) in [6.07, 6.45) is 0. The van der Waals surface area contributed by atoms with Gasteiger partial charge in [-0.1, -0.05) is 35.2 Å². The summed E-state index contributed by atoms with van der Waals surface area (Å²) in [5.74, 6) is -1.68. The zero-order valence-electron chi connectivity index (χ0n) is 17.7. The minimum absolute atomic E-state index is 0.000455. The van der Waals surface area contributed by atoms with Gasteiger partial charge in [-0.2, -0.15) is 0 Å². The van der Waals surface area contributed by atoms with Crippen molar-refractivity contribution in [2.24, 2.45) is 0 Å². The van der Waals surface area contributed by atoms with E-state index in [1.165, 1.54) is 53.8 Å². The molecule has 0 bridgehead atoms. The molecule has 0 radical (unpaired) electrons. The highest BCUT2D eigenvalue weighted by Crippen LogP contribution is 2.23. The number of aryl methyl sites for hydroxylation is 1. The van der Waals surface area contributed by atoms with Crippen LogP contribution in [-0.4, -0.2) is 42.5 Å². The number of halogens is 2. The molecule has 2 aromatic heterocycles. The first-order valence-corrected chi connectivity index (χ1v) is 11.7. The van der Waals surface area contributed by atoms with Crippen molar-refractivity contribution >= 4 is 40.0 Å². The Morgan fingerprint density at radius 3 is 2.50 bits per heavy atom. The first-order chi connectivity index (χ1) is 16.4. The van der Waals surface area contributed by atoms with E-state index in [1.807, 2.05) is 0 Å². The highest BCUT2D eigenvalue weighted by atomic mass is 32.2. The number of nitrogens with one attached hydrogen (secondary N) is 2. The molecule has 0 aliphatic carbocycles. The number of amides is 2. The summed E-state index contributed by atoms with van der Waals surface area (Å²) in [6, 6.07) is 11.2.